The quantitative estimate of drug-likeness (QED) is 0.378. The highest BCUT2D eigenvalue weighted by atomic mass is 35.5. The Morgan fingerprint density at radius 1 is 1.06 bits per heavy atom. The van der Waals surface area contributed by atoms with Crippen LogP contribution >= 0.6 is 11.6 Å². The number of unbranched alkanes of at least 4 members (excludes halogenated alkanes) is 4. The maximum Gasteiger partial charge on any atom is 0.249 e. The van der Waals surface area contributed by atoms with Gasteiger partial charge >= 0.3 is 0 Å². The standard InChI is InChI=1S/C27H30ClN5O2/c28-25-21-18-33-23(17-20-9-5-4-6-10-20)26(34)31-27(33)30-22(21)11-12-24(25)35-16-8-3-1-2-7-14-32-15-13-29-19-32/h4-6,9-13,15,19,23H,1-3,7-8,14,16-18H2,(H,30,31,34). The first-order valence-corrected chi connectivity index (χ1v) is 12.7. The summed E-state index contributed by atoms with van der Waals surface area (Å²) in [5.74, 6) is 1.25. The highest BCUT2D eigenvalue weighted by molar-refractivity contribution is 6.33. The van der Waals surface area contributed by atoms with Gasteiger partial charge in [-0.05, 0) is 30.5 Å². The minimum Gasteiger partial charge on any atom is -0.492 e. The van der Waals surface area contributed by atoms with Crippen LogP contribution in [0.2, 0.25) is 5.02 Å². The van der Waals surface area contributed by atoms with Crippen molar-refractivity contribution >= 4 is 29.2 Å². The van der Waals surface area contributed by atoms with E-state index in [2.05, 4.69) is 19.9 Å². The molecular weight excluding hydrogens is 462 g/mol. The van der Waals surface area contributed by atoms with Gasteiger partial charge in [0.25, 0.3) is 0 Å². The van der Waals surface area contributed by atoms with Gasteiger partial charge in [-0.1, -0.05) is 61.2 Å². The summed E-state index contributed by atoms with van der Waals surface area (Å²) in [5.41, 5.74) is 2.80. The summed E-state index contributed by atoms with van der Waals surface area (Å²) in [6.07, 6.45) is 12.0. The van der Waals surface area contributed by atoms with Gasteiger partial charge in [-0.15, -0.1) is 0 Å². The number of fused-ring (bicyclic) bond motifs is 2. The highest BCUT2D eigenvalue weighted by Gasteiger charge is 2.39. The first-order chi connectivity index (χ1) is 17.2. The van der Waals surface area contributed by atoms with Gasteiger partial charge in [-0.3, -0.25) is 10.1 Å². The molecule has 3 aromatic rings. The molecule has 8 heteroatoms. The number of carbonyl (C=O) groups excluding carboxylic acids is 1. The Hall–Kier alpha value is -3.32. The van der Waals surface area contributed by atoms with E-state index < -0.39 is 0 Å². The molecular formula is C27H30ClN5O2. The van der Waals surface area contributed by atoms with Crippen LogP contribution in [0, 0.1) is 0 Å². The Morgan fingerprint density at radius 2 is 1.89 bits per heavy atom. The molecule has 7 nitrogen and oxygen atoms in total. The summed E-state index contributed by atoms with van der Waals surface area (Å²) in [6, 6.07) is 13.5. The van der Waals surface area contributed by atoms with Crippen LogP contribution in [0.5, 0.6) is 5.75 Å². The van der Waals surface area contributed by atoms with Crippen LogP contribution in [0.3, 0.4) is 0 Å². The molecule has 2 aliphatic rings. The molecule has 1 amide bonds. The number of amides is 1. The highest BCUT2D eigenvalue weighted by Crippen LogP contribution is 2.39. The van der Waals surface area contributed by atoms with Crippen molar-refractivity contribution < 1.29 is 9.53 Å². The maximum absolute atomic E-state index is 12.7. The number of nitrogens with zero attached hydrogens (tertiary/aromatic N) is 4. The Bertz CT molecular complexity index is 1180. The van der Waals surface area contributed by atoms with Crippen molar-refractivity contribution in [1.82, 2.24) is 19.8 Å². The zero-order chi connectivity index (χ0) is 24.0. The number of guanidine groups is 1. The van der Waals surface area contributed by atoms with Crippen molar-refractivity contribution in [2.24, 2.45) is 4.99 Å². The molecule has 3 heterocycles. The number of hydrogen-bond donors (Lipinski definition) is 1. The van der Waals surface area contributed by atoms with E-state index in [0.717, 1.165) is 42.6 Å². The molecule has 1 unspecified atom stereocenters. The van der Waals surface area contributed by atoms with E-state index >= 15 is 0 Å². The predicted molar refractivity (Wildman–Crippen MR) is 137 cm³/mol. The number of imidazole rings is 1. The largest absolute Gasteiger partial charge is 0.492 e. The van der Waals surface area contributed by atoms with Crippen LogP contribution in [-0.4, -0.2) is 39.0 Å². The lowest BCUT2D eigenvalue weighted by atomic mass is 10.0. The number of rotatable bonds is 11. The summed E-state index contributed by atoms with van der Waals surface area (Å²) in [6.45, 7) is 2.18. The lowest BCUT2D eigenvalue weighted by Crippen LogP contribution is -2.38. The third-order valence-electron chi connectivity index (χ3n) is 6.57. The summed E-state index contributed by atoms with van der Waals surface area (Å²) < 4.78 is 8.15. The molecule has 0 spiro atoms. The number of aliphatic imine (C=N–C) groups is 1. The van der Waals surface area contributed by atoms with Crippen molar-refractivity contribution in [2.75, 3.05) is 6.61 Å². The first-order valence-electron chi connectivity index (χ1n) is 12.3. The zero-order valence-electron chi connectivity index (χ0n) is 19.7. The minimum atomic E-state index is -0.307. The fourth-order valence-electron chi connectivity index (χ4n) is 4.64. The van der Waals surface area contributed by atoms with Gasteiger partial charge in [-0.25, -0.2) is 9.98 Å². The molecule has 0 bridgehead atoms. The molecule has 5 rings (SSSR count). The molecule has 1 fully saturated rings. The number of halogens is 1. The number of benzene rings is 2. The van der Waals surface area contributed by atoms with Gasteiger partial charge in [0.1, 0.15) is 11.8 Å². The predicted octanol–water partition coefficient (Wildman–Crippen LogP) is 5.11. The van der Waals surface area contributed by atoms with E-state index in [1.165, 1.54) is 12.8 Å². The molecule has 1 aromatic heterocycles. The van der Waals surface area contributed by atoms with Crippen molar-refractivity contribution in [3.63, 3.8) is 0 Å². The molecule has 0 radical (unpaired) electrons. The Morgan fingerprint density at radius 3 is 2.71 bits per heavy atom. The van der Waals surface area contributed by atoms with Crippen LogP contribution in [-0.2, 0) is 24.3 Å². The monoisotopic (exact) mass is 491 g/mol. The third kappa shape index (κ3) is 5.51. The van der Waals surface area contributed by atoms with Gasteiger partial charge in [0.2, 0.25) is 11.9 Å². The normalized spacial score (nSPS) is 16.5. The van der Waals surface area contributed by atoms with Crippen molar-refractivity contribution in [3.05, 3.63) is 77.3 Å². The van der Waals surface area contributed by atoms with Gasteiger partial charge in [-0.2, -0.15) is 0 Å². The average Bonchev–Trinajstić information content (AvgIpc) is 3.49. The average molecular weight is 492 g/mol. The van der Waals surface area contributed by atoms with Crippen LogP contribution < -0.4 is 10.1 Å². The summed E-state index contributed by atoms with van der Waals surface area (Å²) in [7, 11) is 0. The lowest BCUT2D eigenvalue weighted by molar-refractivity contribution is -0.121. The zero-order valence-corrected chi connectivity index (χ0v) is 20.5. The smallest absolute Gasteiger partial charge is 0.249 e. The summed E-state index contributed by atoms with van der Waals surface area (Å²) in [4.78, 5) is 23.4. The molecule has 35 heavy (non-hydrogen) atoms. The minimum absolute atomic E-state index is 0.0296. The van der Waals surface area contributed by atoms with E-state index in [-0.39, 0.29) is 11.9 Å². The fraction of sp³-hybridized carbons (Fsp3) is 0.370. The topological polar surface area (TPSA) is 71.7 Å². The summed E-state index contributed by atoms with van der Waals surface area (Å²) >= 11 is 6.76. The number of nitrogens with one attached hydrogen (secondary N) is 1. The number of carbonyl (C=O) groups is 1. The molecule has 0 aliphatic carbocycles. The lowest BCUT2D eigenvalue weighted by Gasteiger charge is -2.29. The molecule has 182 valence electrons. The Labute approximate surface area is 210 Å². The second kappa shape index (κ2) is 11.0. The van der Waals surface area contributed by atoms with Crippen LogP contribution in [0.25, 0.3) is 0 Å². The molecule has 1 N–H and O–H groups in total. The molecule has 1 atom stereocenters. The Balaban J connectivity index is 1.13. The van der Waals surface area contributed by atoms with Gasteiger partial charge in [0, 0.05) is 30.9 Å². The number of hydrogen-bond acceptors (Lipinski definition) is 5. The van der Waals surface area contributed by atoms with E-state index in [1.54, 1.807) is 0 Å². The van der Waals surface area contributed by atoms with E-state index in [9.17, 15) is 4.79 Å². The SMILES string of the molecule is O=C1NC2=Nc3ccc(OCCCCCCCn4ccnc4)c(Cl)c3CN2C1Cc1ccccc1. The van der Waals surface area contributed by atoms with Crippen molar-refractivity contribution in [1.29, 1.82) is 0 Å². The van der Waals surface area contributed by atoms with E-state index in [0.29, 0.717) is 36.3 Å². The van der Waals surface area contributed by atoms with Crippen molar-refractivity contribution in [3.8, 4) is 5.75 Å². The van der Waals surface area contributed by atoms with E-state index in [4.69, 9.17) is 16.3 Å². The van der Waals surface area contributed by atoms with Crippen LogP contribution in [0.15, 0.2) is 66.2 Å². The molecule has 1 saturated heterocycles. The van der Waals surface area contributed by atoms with Crippen LogP contribution in [0.4, 0.5) is 5.69 Å². The molecule has 0 saturated carbocycles. The Kier molecular flexibility index (Phi) is 7.33. The number of aryl methyl sites for hydroxylation is 1. The second-order valence-corrected chi connectivity index (χ2v) is 9.43. The number of aromatic nitrogens is 2. The molecule has 2 aliphatic heterocycles. The molecule has 2 aromatic carbocycles. The van der Waals surface area contributed by atoms with Gasteiger partial charge < -0.3 is 14.2 Å². The maximum atomic E-state index is 12.7. The van der Waals surface area contributed by atoms with Gasteiger partial charge in [0.15, 0.2) is 0 Å². The first kappa shape index (κ1) is 23.4. The van der Waals surface area contributed by atoms with Crippen molar-refractivity contribution in [2.45, 2.75) is 57.7 Å². The second-order valence-electron chi connectivity index (χ2n) is 9.05. The van der Waals surface area contributed by atoms with E-state index in [1.807, 2.05) is 66.1 Å². The summed E-state index contributed by atoms with van der Waals surface area (Å²) in [5, 5.41) is 3.52. The van der Waals surface area contributed by atoms with Gasteiger partial charge in [0.05, 0.1) is 30.2 Å². The van der Waals surface area contributed by atoms with Crippen LogP contribution in [0.1, 0.15) is 43.2 Å². The number of ether oxygens (including phenoxy) is 1. The fourth-order valence-corrected chi connectivity index (χ4v) is 4.91. The third-order valence-corrected chi connectivity index (χ3v) is 6.99.